The monoisotopic (exact) mass is 206 g/mol. The highest BCUT2D eigenvalue weighted by atomic mass is 33.3. The van der Waals surface area contributed by atoms with E-state index in [1.54, 1.807) is 11.4 Å². The average molecular weight is 206 g/mol. The van der Waals surface area contributed by atoms with Gasteiger partial charge in [0.2, 0.25) is 0 Å². The van der Waals surface area contributed by atoms with Crippen molar-refractivity contribution < 1.29 is 0 Å². The molecule has 0 N–H and O–H groups in total. The second kappa shape index (κ2) is 4.55. The summed E-state index contributed by atoms with van der Waals surface area (Å²) in [6.07, 6.45) is 0. The molecule has 1 aromatic rings. The van der Waals surface area contributed by atoms with Crippen LogP contribution in [-0.2, 0) is 0 Å². The van der Waals surface area contributed by atoms with Crippen molar-refractivity contribution in [3.63, 3.8) is 0 Å². The summed E-state index contributed by atoms with van der Waals surface area (Å²) in [7, 11) is 0. The summed E-state index contributed by atoms with van der Waals surface area (Å²) in [6.45, 7) is 0. The second-order valence-electron chi connectivity index (χ2n) is 1.66. The maximum atomic E-state index is 4.20. The van der Waals surface area contributed by atoms with E-state index in [0.717, 1.165) is 0 Å². The molecule has 0 radical (unpaired) electrons. The molecule has 0 bridgehead atoms. The molecule has 4 heteroatoms. The molecule has 0 unspecified atom stereocenters. The molecule has 0 amide bonds. The van der Waals surface area contributed by atoms with Gasteiger partial charge in [-0.3, -0.25) is 0 Å². The zero-order valence-corrected chi connectivity index (χ0v) is 8.64. The van der Waals surface area contributed by atoms with Crippen LogP contribution in [0.3, 0.4) is 0 Å². The summed E-state index contributed by atoms with van der Waals surface area (Å²) < 4.78 is 0. The summed E-state index contributed by atoms with van der Waals surface area (Å²) in [5.41, 5.74) is -0.471. The summed E-state index contributed by atoms with van der Waals surface area (Å²) in [5, 5.41) is 0. The first-order valence-electron chi connectivity index (χ1n) is 2.70. The van der Waals surface area contributed by atoms with Gasteiger partial charge < -0.3 is 0 Å². The lowest BCUT2D eigenvalue weighted by Gasteiger charge is -2.00. The van der Waals surface area contributed by atoms with Crippen molar-refractivity contribution in [2.75, 3.05) is 0 Å². The van der Waals surface area contributed by atoms with Crippen LogP contribution in [0, 0.1) is 0 Å². The lowest BCUT2D eigenvalue weighted by atomic mass is 10.4. The SMILES string of the molecule is SP(S)Sc1ccccc1. The number of hydrogen-bond acceptors (Lipinski definition) is 3. The Morgan fingerprint density at radius 3 is 2.20 bits per heavy atom. The first-order valence-corrected chi connectivity index (χ1v) is 7.77. The fraction of sp³-hybridized carbons (Fsp3) is 0. The molecule has 0 atom stereocenters. The molecule has 0 aliphatic rings. The van der Waals surface area contributed by atoms with Gasteiger partial charge in [0.15, 0.2) is 0 Å². The van der Waals surface area contributed by atoms with Crippen LogP contribution in [0.5, 0.6) is 0 Å². The molecular weight excluding hydrogens is 199 g/mol. The Morgan fingerprint density at radius 2 is 1.70 bits per heavy atom. The van der Waals surface area contributed by atoms with E-state index < -0.39 is 5.53 Å². The molecule has 0 heterocycles. The van der Waals surface area contributed by atoms with Crippen molar-refractivity contribution in [1.82, 2.24) is 0 Å². The summed E-state index contributed by atoms with van der Waals surface area (Å²) >= 11 is 10.1. The molecule has 0 nitrogen and oxygen atoms in total. The number of thiol groups is 2. The van der Waals surface area contributed by atoms with Crippen LogP contribution in [0.2, 0.25) is 0 Å². The molecule has 0 saturated heterocycles. The molecular formula is C6H7PS3. The third-order valence-electron chi connectivity index (χ3n) is 0.930. The highest BCUT2D eigenvalue weighted by Crippen LogP contribution is 2.61. The van der Waals surface area contributed by atoms with Crippen molar-refractivity contribution in [2.24, 2.45) is 0 Å². The summed E-state index contributed by atoms with van der Waals surface area (Å²) in [5.74, 6) is 0. The zero-order valence-electron chi connectivity index (χ0n) is 5.14. The van der Waals surface area contributed by atoms with Crippen LogP contribution in [0.15, 0.2) is 35.2 Å². The van der Waals surface area contributed by atoms with Crippen LogP contribution in [-0.4, -0.2) is 0 Å². The van der Waals surface area contributed by atoms with E-state index in [9.17, 15) is 0 Å². The van der Waals surface area contributed by atoms with Gasteiger partial charge in [-0.25, -0.2) is 0 Å². The third kappa shape index (κ3) is 3.20. The van der Waals surface area contributed by atoms with Gasteiger partial charge in [0.1, 0.15) is 0 Å². The fourth-order valence-electron chi connectivity index (χ4n) is 0.576. The molecule has 0 spiro atoms. The Morgan fingerprint density at radius 1 is 1.10 bits per heavy atom. The Bertz CT molecular complexity index is 187. The molecule has 10 heavy (non-hydrogen) atoms. The van der Waals surface area contributed by atoms with E-state index in [1.807, 2.05) is 18.2 Å². The molecule has 0 aliphatic carbocycles. The number of benzene rings is 1. The largest absolute Gasteiger partial charge is 0.130 e. The van der Waals surface area contributed by atoms with Crippen LogP contribution in [0.25, 0.3) is 0 Å². The van der Waals surface area contributed by atoms with Crippen LogP contribution in [0.4, 0.5) is 0 Å². The Balaban J connectivity index is 2.59. The van der Waals surface area contributed by atoms with E-state index in [1.165, 1.54) is 4.90 Å². The van der Waals surface area contributed by atoms with E-state index >= 15 is 0 Å². The lowest BCUT2D eigenvalue weighted by molar-refractivity contribution is 1.48. The van der Waals surface area contributed by atoms with E-state index in [4.69, 9.17) is 0 Å². The minimum atomic E-state index is -0.471. The zero-order chi connectivity index (χ0) is 7.40. The van der Waals surface area contributed by atoms with Crippen LogP contribution in [0.1, 0.15) is 0 Å². The predicted molar refractivity (Wildman–Crippen MR) is 57.2 cm³/mol. The van der Waals surface area contributed by atoms with E-state index in [2.05, 4.69) is 36.6 Å². The molecule has 1 aromatic carbocycles. The van der Waals surface area contributed by atoms with Gasteiger partial charge in [0.05, 0.1) is 5.53 Å². The highest BCUT2D eigenvalue weighted by Gasteiger charge is 1.96. The summed E-state index contributed by atoms with van der Waals surface area (Å²) in [4.78, 5) is 1.23. The van der Waals surface area contributed by atoms with Crippen molar-refractivity contribution in [2.45, 2.75) is 4.90 Å². The van der Waals surface area contributed by atoms with Crippen molar-refractivity contribution >= 4 is 41.4 Å². The second-order valence-corrected chi connectivity index (χ2v) is 9.43. The quantitative estimate of drug-likeness (QED) is 0.547. The summed E-state index contributed by atoms with van der Waals surface area (Å²) in [6, 6.07) is 10.2. The van der Waals surface area contributed by atoms with Gasteiger partial charge >= 0.3 is 0 Å². The molecule has 54 valence electrons. The highest BCUT2D eigenvalue weighted by molar-refractivity contribution is 9.06. The van der Waals surface area contributed by atoms with Crippen molar-refractivity contribution in [1.29, 1.82) is 0 Å². The normalized spacial score (nSPS) is 10.3. The van der Waals surface area contributed by atoms with Crippen molar-refractivity contribution in [3.8, 4) is 0 Å². The Kier molecular flexibility index (Phi) is 4.00. The fourth-order valence-corrected chi connectivity index (χ4v) is 3.67. The predicted octanol–water partition coefficient (Wildman–Crippen LogP) is 3.87. The molecule has 0 aromatic heterocycles. The minimum absolute atomic E-state index is 0.471. The maximum Gasteiger partial charge on any atom is 0.0715 e. The van der Waals surface area contributed by atoms with Crippen LogP contribution >= 0.6 is 41.4 Å². The first-order chi connectivity index (χ1) is 4.79. The standard InChI is InChI=1S/C6H7PS3/c8-7(9)10-6-4-2-1-3-5-6/h1-5,8-9H. The van der Waals surface area contributed by atoms with E-state index in [0.29, 0.717) is 0 Å². The smallest absolute Gasteiger partial charge is 0.0715 e. The van der Waals surface area contributed by atoms with Gasteiger partial charge in [-0.05, 0) is 12.1 Å². The van der Waals surface area contributed by atoms with Gasteiger partial charge in [0, 0.05) is 4.90 Å². The number of hydrogen-bond donors (Lipinski definition) is 2. The number of rotatable bonds is 2. The van der Waals surface area contributed by atoms with Gasteiger partial charge in [0.25, 0.3) is 0 Å². The third-order valence-corrected chi connectivity index (χ3v) is 4.17. The Labute approximate surface area is 76.6 Å². The lowest BCUT2D eigenvalue weighted by Crippen LogP contribution is -1.61. The molecule has 0 saturated carbocycles. The first kappa shape index (κ1) is 8.79. The van der Waals surface area contributed by atoms with E-state index in [-0.39, 0.29) is 0 Å². The minimum Gasteiger partial charge on any atom is -0.130 e. The molecule has 0 aliphatic heterocycles. The average Bonchev–Trinajstić information content (AvgIpc) is 1.88. The molecule has 0 fully saturated rings. The Hall–Kier alpha value is 0.700. The van der Waals surface area contributed by atoms with Crippen LogP contribution < -0.4 is 0 Å². The van der Waals surface area contributed by atoms with Gasteiger partial charge in [-0.2, -0.15) is 0 Å². The topological polar surface area (TPSA) is 0 Å². The van der Waals surface area contributed by atoms with Gasteiger partial charge in [-0.15, -0.1) is 24.5 Å². The van der Waals surface area contributed by atoms with Crippen molar-refractivity contribution in [3.05, 3.63) is 30.3 Å². The van der Waals surface area contributed by atoms with Gasteiger partial charge in [-0.1, -0.05) is 29.6 Å². The molecule has 1 rings (SSSR count). The maximum absolute atomic E-state index is 4.20.